The molecule has 1 heterocycles. The Morgan fingerprint density at radius 1 is 1.03 bits per heavy atom. The average molecular weight is 456 g/mol. The minimum absolute atomic E-state index is 0.176. The van der Waals surface area contributed by atoms with Crippen molar-refractivity contribution in [1.82, 2.24) is 4.90 Å². The normalized spacial score (nSPS) is 14.5. The molecule has 2 aromatic rings. The van der Waals surface area contributed by atoms with E-state index >= 15 is 0 Å². The molecule has 0 saturated carbocycles. The summed E-state index contributed by atoms with van der Waals surface area (Å²) in [6.07, 6.45) is 1.54. The first-order valence-electron chi connectivity index (χ1n) is 9.36. The van der Waals surface area contributed by atoms with Gasteiger partial charge in [0.15, 0.2) is 11.5 Å². The number of thioether (sulfide) groups is 1. The molecule has 9 nitrogen and oxygen atoms in total. The monoisotopic (exact) mass is 456 g/mol. The van der Waals surface area contributed by atoms with E-state index in [0.29, 0.717) is 22.7 Å². The zero-order valence-electron chi connectivity index (χ0n) is 17.5. The van der Waals surface area contributed by atoms with Crippen LogP contribution in [-0.2, 0) is 14.4 Å². The predicted molar refractivity (Wildman–Crippen MR) is 119 cm³/mol. The second-order valence-electron chi connectivity index (χ2n) is 6.56. The number of carbonyl (C=O) groups excluding carboxylic acids is 4. The quantitative estimate of drug-likeness (QED) is 0.384. The highest BCUT2D eigenvalue weighted by atomic mass is 32.2. The Bertz CT molecular complexity index is 1100. The first-order valence-corrected chi connectivity index (χ1v) is 10.2. The maximum absolute atomic E-state index is 12.6. The van der Waals surface area contributed by atoms with Gasteiger partial charge in [-0.3, -0.25) is 19.3 Å². The second kappa shape index (κ2) is 10.0. The van der Waals surface area contributed by atoms with E-state index in [2.05, 4.69) is 5.32 Å². The first kappa shape index (κ1) is 22.9. The highest BCUT2D eigenvalue weighted by Crippen LogP contribution is 2.34. The third kappa shape index (κ3) is 5.46. The number of amides is 3. The van der Waals surface area contributed by atoms with E-state index in [1.807, 2.05) is 0 Å². The summed E-state index contributed by atoms with van der Waals surface area (Å²) in [5.74, 6) is -0.356. The fraction of sp³-hybridized carbons (Fsp3) is 0.182. The Balaban J connectivity index is 1.66. The van der Waals surface area contributed by atoms with Crippen LogP contribution < -0.4 is 19.5 Å². The van der Waals surface area contributed by atoms with Gasteiger partial charge in [0, 0.05) is 12.6 Å². The summed E-state index contributed by atoms with van der Waals surface area (Å²) >= 11 is 0.734. The van der Waals surface area contributed by atoms with Gasteiger partial charge in [0.1, 0.15) is 12.3 Å². The molecule has 0 atom stereocenters. The van der Waals surface area contributed by atoms with Crippen LogP contribution in [0.4, 0.5) is 10.5 Å². The number of anilines is 1. The Morgan fingerprint density at radius 2 is 1.72 bits per heavy atom. The van der Waals surface area contributed by atoms with E-state index in [-0.39, 0.29) is 16.6 Å². The maximum Gasteiger partial charge on any atom is 0.331 e. The number of carbonyl (C=O) groups is 4. The molecular formula is C22H20N2O7S. The fourth-order valence-electron chi connectivity index (χ4n) is 2.83. The van der Waals surface area contributed by atoms with Gasteiger partial charge >= 0.3 is 5.97 Å². The lowest BCUT2D eigenvalue weighted by molar-refractivity contribution is -0.138. The zero-order valence-corrected chi connectivity index (χ0v) is 18.4. The highest BCUT2D eigenvalue weighted by molar-refractivity contribution is 8.18. The zero-order chi connectivity index (χ0) is 23.3. The molecule has 1 saturated heterocycles. The molecule has 10 heteroatoms. The number of nitrogens with zero attached hydrogens (tertiary/aromatic N) is 1. The van der Waals surface area contributed by atoms with Gasteiger partial charge in [-0.15, -0.1) is 0 Å². The van der Waals surface area contributed by atoms with Crippen molar-refractivity contribution in [3.05, 3.63) is 52.9 Å². The minimum Gasteiger partial charge on any atom is -0.493 e. The van der Waals surface area contributed by atoms with Crippen LogP contribution in [0.25, 0.3) is 6.08 Å². The van der Waals surface area contributed by atoms with Crippen molar-refractivity contribution in [2.75, 3.05) is 26.1 Å². The van der Waals surface area contributed by atoms with Gasteiger partial charge in [0.05, 0.1) is 19.1 Å². The lowest BCUT2D eigenvalue weighted by Gasteiger charge is -2.12. The molecule has 32 heavy (non-hydrogen) atoms. The summed E-state index contributed by atoms with van der Waals surface area (Å²) in [6, 6.07) is 11.2. The van der Waals surface area contributed by atoms with Gasteiger partial charge in [-0.2, -0.15) is 0 Å². The lowest BCUT2D eigenvalue weighted by Crippen LogP contribution is -2.35. The van der Waals surface area contributed by atoms with Crippen LogP contribution in [0.3, 0.4) is 0 Å². The van der Waals surface area contributed by atoms with Gasteiger partial charge in [-0.25, -0.2) is 4.79 Å². The molecule has 3 rings (SSSR count). The Kier molecular flexibility index (Phi) is 7.16. The van der Waals surface area contributed by atoms with Crippen LogP contribution in [0.1, 0.15) is 12.5 Å². The van der Waals surface area contributed by atoms with Gasteiger partial charge in [-0.05, 0) is 59.8 Å². The average Bonchev–Trinajstić information content (AvgIpc) is 3.02. The Labute approximate surface area is 188 Å². The molecule has 0 aliphatic carbocycles. The summed E-state index contributed by atoms with van der Waals surface area (Å²) in [5.41, 5.74) is 1.18. The number of esters is 1. The van der Waals surface area contributed by atoms with Crippen molar-refractivity contribution in [2.45, 2.75) is 6.92 Å². The summed E-state index contributed by atoms with van der Waals surface area (Å²) in [7, 11) is 3.01. The number of hydrogen-bond acceptors (Lipinski definition) is 8. The lowest BCUT2D eigenvalue weighted by atomic mass is 10.2. The smallest absolute Gasteiger partial charge is 0.331 e. The van der Waals surface area contributed by atoms with Crippen LogP contribution in [-0.4, -0.2) is 48.7 Å². The topological polar surface area (TPSA) is 111 Å². The SMILES string of the molecule is COc1ccc(/C=C2\SC(=O)N(CC(=O)Oc3ccc(NC(C)=O)cc3)C2=O)cc1OC. The summed E-state index contributed by atoms with van der Waals surface area (Å²) in [5, 5.41) is 2.02. The van der Waals surface area contributed by atoms with Crippen LogP contribution in [0.5, 0.6) is 17.2 Å². The number of ether oxygens (including phenoxy) is 3. The number of hydrogen-bond donors (Lipinski definition) is 1. The van der Waals surface area contributed by atoms with Crippen molar-refractivity contribution >= 4 is 46.5 Å². The first-order chi connectivity index (χ1) is 15.3. The standard InChI is InChI=1S/C22H20N2O7S/c1-13(25)23-15-5-7-16(8-6-15)31-20(26)12-24-21(27)19(32-22(24)28)11-14-4-9-17(29-2)18(10-14)30-3/h4-11H,12H2,1-3H3,(H,23,25)/b19-11-. The number of benzene rings is 2. The molecule has 0 radical (unpaired) electrons. The van der Waals surface area contributed by atoms with E-state index in [9.17, 15) is 19.2 Å². The Morgan fingerprint density at radius 3 is 2.34 bits per heavy atom. The van der Waals surface area contributed by atoms with Crippen LogP contribution in [0, 0.1) is 0 Å². The molecule has 2 aromatic carbocycles. The third-order valence-electron chi connectivity index (χ3n) is 4.27. The van der Waals surface area contributed by atoms with Crippen molar-refractivity contribution in [3.63, 3.8) is 0 Å². The molecule has 1 N–H and O–H groups in total. The maximum atomic E-state index is 12.6. The number of rotatable bonds is 7. The van der Waals surface area contributed by atoms with Crippen molar-refractivity contribution in [1.29, 1.82) is 0 Å². The van der Waals surface area contributed by atoms with Gasteiger partial charge < -0.3 is 19.5 Å². The van der Waals surface area contributed by atoms with Crippen molar-refractivity contribution in [3.8, 4) is 17.2 Å². The number of methoxy groups -OCH3 is 2. The van der Waals surface area contributed by atoms with Gasteiger partial charge in [0.25, 0.3) is 11.1 Å². The van der Waals surface area contributed by atoms with Crippen molar-refractivity contribution in [2.24, 2.45) is 0 Å². The molecule has 0 spiro atoms. The number of imide groups is 1. The van der Waals surface area contributed by atoms with E-state index in [1.165, 1.54) is 33.3 Å². The third-order valence-corrected chi connectivity index (χ3v) is 5.18. The molecule has 166 valence electrons. The molecule has 0 bridgehead atoms. The van der Waals surface area contributed by atoms with Crippen molar-refractivity contribution < 1.29 is 33.4 Å². The van der Waals surface area contributed by atoms with E-state index in [0.717, 1.165) is 16.7 Å². The molecule has 1 aliphatic rings. The molecule has 1 aliphatic heterocycles. The largest absolute Gasteiger partial charge is 0.493 e. The Hall–Kier alpha value is -3.79. The molecular weight excluding hydrogens is 436 g/mol. The van der Waals surface area contributed by atoms with Gasteiger partial charge in [-0.1, -0.05) is 6.07 Å². The molecule has 3 amide bonds. The number of nitrogens with one attached hydrogen (secondary N) is 1. The molecule has 1 fully saturated rings. The van der Waals surface area contributed by atoms with Gasteiger partial charge in [0.2, 0.25) is 5.91 Å². The van der Waals surface area contributed by atoms with E-state index in [1.54, 1.807) is 36.4 Å². The predicted octanol–water partition coefficient (Wildman–Crippen LogP) is 3.30. The summed E-state index contributed by atoms with van der Waals surface area (Å²) in [6.45, 7) is 0.852. The van der Waals surface area contributed by atoms with E-state index in [4.69, 9.17) is 14.2 Å². The van der Waals surface area contributed by atoms with Crippen LogP contribution >= 0.6 is 11.8 Å². The van der Waals surface area contributed by atoms with Crippen LogP contribution in [0.15, 0.2) is 47.4 Å². The second-order valence-corrected chi connectivity index (χ2v) is 7.56. The highest BCUT2D eigenvalue weighted by Gasteiger charge is 2.36. The van der Waals surface area contributed by atoms with E-state index < -0.39 is 23.7 Å². The van der Waals surface area contributed by atoms with Crippen LogP contribution in [0.2, 0.25) is 0 Å². The molecule has 0 aromatic heterocycles. The minimum atomic E-state index is -0.771. The molecule has 0 unspecified atom stereocenters. The fourth-order valence-corrected chi connectivity index (χ4v) is 3.67. The summed E-state index contributed by atoms with van der Waals surface area (Å²) < 4.78 is 15.6. The summed E-state index contributed by atoms with van der Waals surface area (Å²) in [4.78, 5) is 49.2.